The van der Waals surface area contributed by atoms with Crippen LogP contribution in [0.15, 0.2) is 85.5 Å². The largest absolute Gasteiger partial charge is 0.336 e. The van der Waals surface area contributed by atoms with Crippen molar-refractivity contribution in [2.75, 3.05) is 26.2 Å². The molecule has 1 fully saturated rings. The van der Waals surface area contributed by atoms with E-state index in [1.807, 2.05) is 59.9 Å². The molecule has 1 aliphatic rings. The van der Waals surface area contributed by atoms with E-state index < -0.39 is 0 Å². The monoisotopic (exact) mass is 433 g/mol. The summed E-state index contributed by atoms with van der Waals surface area (Å²) in [5, 5.41) is 5.55. The zero-order valence-electron chi connectivity index (χ0n) is 18.1. The van der Waals surface area contributed by atoms with Gasteiger partial charge in [-0.25, -0.2) is 4.98 Å². The van der Waals surface area contributed by atoms with E-state index in [0.717, 1.165) is 70.5 Å². The van der Waals surface area contributed by atoms with Crippen molar-refractivity contribution in [3.8, 4) is 22.4 Å². The van der Waals surface area contributed by atoms with Gasteiger partial charge in [-0.2, -0.15) is 0 Å². The predicted octanol–water partition coefficient (Wildman–Crippen LogP) is 4.26. The second-order valence-corrected chi connectivity index (χ2v) is 8.35. The number of carbonyl (C=O) groups is 1. The molecule has 5 aromatic rings. The minimum absolute atomic E-state index is 0.0990. The van der Waals surface area contributed by atoms with Gasteiger partial charge in [0, 0.05) is 61.3 Å². The lowest BCUT2D eigenvalue weighted by molar-refractivity contribution is 0.0736. The number of fused-ring (bicyclic) bond motifs is 2. The van der Waals surface area contributed by atoms with Crippen molar-refractivity contribution in [2.45, 2.75) is 0 Å². The number of hydrogen-bond acceptors (Lipinski definition) is 4. The fourth-order valence-corrected chi connectivity index (χ4v) is 4.46. The van der Waals surface area contributed by atoms with Crippen LogP contribution in [0.1, 0.15) is 10.4 Å². The van der Waals surface area contributed by atoms with Crippen LogP contribution in [0, 0.1) is 0 Å². The molecule has 0 atom stereocenters. The van der Waals surface area contributed by atoms with Crippen LogP contribution in [0.4, 0.5) is 0 Å². The Morgan fingerprint density at radius 2 is 1.61 bits per heavy atom. The van der Waals surface area contributed by atoms with Gasteiger partial charge in [-0.05, 0) is 52.9 Å². The topological polar surface area (TPSA) is 62.5 Å². The number of piperazine rings is 1. The van der Waals surface area contributed by atoms with E-state index in [-0.39, 0.29) is 5.91 Å². The quantitative estimate of drug-likeness (QED) is 0.462. The molecule has 1 aliphatic heterocycles. The molecule has 33 heavy (non-hydrogen) atoms. The maximum atomic E-state index is 12.8. The minimum atomic E-state index is 0.0990. The highest BCUT2D eigenvalue weighted by Gasteiger charge is 2.18. The molecule has 3 aromatic heterocycles. The number of nitrogens with zero attached hydrogens (tertiary/aromatic N) is 4. The molecule has 0 unspecified atom stereocenters. The molecule has 1 N–H and O–H groups in total. The van der Waals surface area contributed by atoms with Gasteiger partial charge < -0.3 is 10.2 Å². The Morgan fingerprint density at radius 3 is 2.45 bits per heavy atom. The van der Waals surface area contributed by atoms with Gasteiger partial charge in [0.2, 0.25) is 0 Å². The Labute approximate surface area is 191 Å². The maximum Gasteiger partial charge on any atom is 0.253 e. The summed E-state index contributed by atoms with van der Waals surface area (Å²) in [7, 11) is 0. The molecule has 0 aliphatic carbocycles. The Balaban J connectivity index is 1.33. The number of aromatic nitrogens is 3. The predicted molar refractivity (Wildman–Crippen MR) is 130 cm³/mol. The number of imidazole rings is 1. The summed E-state index contributed by atoms with van der Waals surface area (Å²) >= 11 is 0. The third kappa shape index (κ3) is 3.64. The molecular formula is C27H23N5O. The normalized spacial score (nSPS) is 14.1. The van der Waals surface area contributed by atoms with Crippen molar-refractivity contribution in [1.29, 1.82) is 0 Å². The molecule has 1 amide bonds. The van der Waals surface area contributed by atoms with Crippen LogP contribution in [0.3, 0.4) is 0 Å². The van der Waals surface area contributed by atoms with Gasteiger partial charge in [0.05, 0.1) is 11.9 Å². The Kier molecular flexibility index (Phi) is 4.85. The fourth-order valence-electron chi connectivity index (χ4n) is 4.46. The van der Waals surface area contributed by atoms with Crippen molar-refractivity contribution in [1.82, 2.24) is 24.6 Å². The summed E-state index contributed by atoms with van der Waals surface area (Å²) in [4.78, 5) is 23.5. The van der Waals surface area contributed by atoms with Crippen LogP contribution in [-0.2, 0) is 0 Å². The molecule has 0 radical (unpaired) electrons. The number of pyridine rings is 2. The minimum Gasteiger partial charge on any atom is -0.336 e. The van der Waals surface area contributed by atoms with Crippen LogP contribution in [0.25, 0.3) is 38.8 Å². The summed E-state index contributed by atoms with van der Waals surface area (Å²) in [5.41, 5.74) is 5.92. The van der Waals surface area contributed by atoms with Crippen molar-refractivity contribution < 1.29 is 4.79 Å². The third-order valence-corrected chi connectivity index (χ3v) is 6.31. The molecule has 4 heterocycles. The number of hydrogen-bond donors (Lipinski definition) is 1. The smallest absolute Gasteiger partial charge is 0.253 e. The number of rotatable bonds is 3. The maximum absolute atomic E-state index is 12.8. The van der Waals surface area contributed by atoms with Gasteiger partial charge in [0.25, 0.3) is 5.91 Å². The lowest BCUT2D eigenvalue weighted by atomic mass is 10.0. The van der Waals surface area contributed by atoms with E-state index >= 15 is 0 Å². The number of benzene rings is 2. The van der Waals surface area contributed by atoms with E-state index in [9.17, 15) is 4.79 Å². The molecule has 6 rings (SSSR count). The van der Waals surface area contributed by atoms with Crippen LogP contribution in [0.5, 0.6) is 0 Å². The van der Waals surface area contributed by atoms with Gasteiger partial charge >= 0.3 is 0 Å². The molecule has 0 saturated carbocycles. The van der Waals surface area contributed by atoms with Crippen LogP contribution in [-0.4, -0.2) is 51.4 Å². The average molecular weight is 434 g/mol. The van der Waals surface area contributed by atoms with Gasteiger partial charge in [-0.1, -0.05) is 24.3 Å². The summed E-state index contributed by atoms with van der Waals surface area (Å²) in [6, 6.07) is 20.4. The molecule has 0 bridgehead atoms. The first-order valence-electron chi connectivity index (χ1n) is 11.2. The zero-order chi connectivity index (χ0) is 22.2. The molecule has 0 spiro atoms. The van der Waals surface area contributed by atoms with Gasteiger partial charge in [-0.15, -0.1) is 0 Å². The van der Waals surface area contributed by atoms with E-state index in [1.165, 1.54) is 0 Å². The number of nitrogens with one attached hydrogen (secondary N) is 1. The fraction of sp³-hybridized carbons (Fsp3) is 0.148. The third-order valence-electron chi connectivity index (χ3n) is 6.31. The Hall–Kier alpha value is -4.03. The highest BCUT2D eigenvalue weighted by Crippen LogP contribution is 2.27. The summed E-state index contributed by atoms with van der Waals surface area (Å²) < 4.78 is 2.12. The lowest BCUT2D eigenvalue weighted by Gasteiger charge is -2.27. The highest BCUT2D eigenvalue weighted by atomic mass is 16.2. The van der Waals surface area contributed by atoms with Crippen LogP contribution >= 0.6 is 0 Å². The first kappa shape index (κ1) is 19.6. The second-order valence-electron chi connectivity index (χ2n) is 8.35. The van der Waals surface area contributed by atoms with Gasteiger partial charge in [-0.3, -0.25) is 14.2 Å². The molecule has 2 aromatic carbocycles. The number of carbonyl (C=O) groups excluding carboxylic acids is 1. The Bertz CT molecular complexity index is 1470. The highest BCUT2D eigenvalue weighted by molar-refractivity contribution is 5.95. The standard InChI is InChI=1S/C27H23N5O/c33-27(31-13-11-28-12-14-31)20-3-1-19(2-4-20)24-7-8-26-30-17-25(32(26)18-24)22-5-6-23-16-29-10-9-21(23)15-22/h1-10,15-18,28H,11-14H2. The molecule has 6 nitrogen and oxygen atoms in total. The van der Waals surface area contributed by atoms with Crippen LogP contribution < -0.4 is 5.32 Å². The summed E-state index contributed by atoms with van der Waals surface area (Å²) in [6.07, 6.45) is 7.72. The first-order valence-corrected chi connectivity index (χ1v) is 11.2. The van der Waals surface area contributed by atoms with Gasteiger partial charge in [0.1, 0.15) is 5.65 Å². The first-order chi connectivity index (χ1) is 16.3. The molecule has 6 heteroatoms. The average Bonchev–Trinajstić information content (AvgIpc) is 3.32. The van der Waals surface area contributed by atoms with Gasteiger partial charge in [0.15, 0.2) is 0 Å². The van der Waals surface area contributed by atoms with Crippen molar-refractivity contribution in [3.05, 3.63) is 91.0 Å². The number of amides is 1. The van der Waals surface area contributed by atoms with E-state index in [2.05, 4.69) is 50.1 Å². The van der Waals surface area contributed by atoms with E-state index in [4.69, 9.17) is 0 Å². The SMILES string of the molecule is O=C(c1ccc(-c2ccc3ncc(-c4ccc5cnccc5c4)n3c2)cc1)N1CCNCC1. The molecule has 162 valence electrons. The van der Waals surface area contributed by atoms with E-state index in [1.54, 1.807) is 0 Å². The van der Waals surface area contributed by atoms with Crippen molar-refractivity contribution in [2.24, 2.45) is 0 Å². The molecular weight excluding hydrogens is 410 g/mol. The summed E-state index contributed by atoms with van der Waals surface area (Å²) in [6.45, 7) is 3.22. The summed E-state index contributed by atoms with van der Waals surface area (Å²) in [5.74, 6) is 0.0990. The zero-order valence-corrected chi connectivity index (χ0v) is 18.1. The van der Waals surface area contributed by atoms with Crippen LogP contribution in [0.2, 0.25) is 0 Å². The van der Waals surface area contributed by atoms with Crippen molar-refractivity contribution in [3.63, 3.8) is 0 Å². The molecule has 1 saturated heterocycles. The van der Waals surface area contributed by atoms with E-state index in [0.29, 0.717) is 0 Å². The lowest BCUT2D eigenvalue weighted by Crippen LogP contribution is -2.46. The van der Waals surface area contributed by atoms with Crippen molar-refractivity contribution >= 4 is 22.3 Å². The second kappa shape index (κ2) is 8.15. The Morgan fingerprint density at radius 1 is 0.818 bits per heavy atom.